The summed E-state index contributed by atoms with van der Waals surface area (Å²) in [7, 11) is 3.13. The Morgan fingerprint density at radius 1 is 1.14 bits per heavy atom. The zero-order valence-electron chi connectivity index (χ0n) is 16.2. The fraction of sp³-hybridized carbons (Fsp3) is 0.318. The number of amides is 1. The molecule has 1 fully saturated rings. The van der Waals surface area contributed by atoms with Crippen LogP contribution in [0.15, 0.2) is 48.5 Å². The number of likely N-dealkylation sites (tertiary alicyclic amines) is 1. The smallest absolute Gasteiger partial charge is 0.416 e. The number of alkyl halides is 3. The van der Waals surface area contributed by atoms with Crippen molar-refractivity contribution in [1.82, 2.24) is 4.90 Å². The molecule has 1 aliphatic heterocycles. The first kappa shape index (κ1) is 20.8. The number of hydrogen-bond donors (Lipinski definition) is 0. The lowest BCUT2D eigenvalue weighted by Gasteiger charge is -2.25. The van der Waals surface area contributed by atoms with Gasteiger partial charge in [0.25, 0.3) is 0 Å². The molecule has 0 radical (unpaired) electrons. The molecule has 0 spiro atoms. The summed E-state index contributed by atoms with van der Waals surface area (Å²) in [5.41, 5.74) is 0.465. The summed E-state index contributed by atoms with van der Waals surface area (Å²) in [6, 6.07) is 10.2. The molecule has 2 aromatic rings. The van der Waals surface area contributed by atoms with E-state index in [4.69, 9.17) is 9.47 Å². The summed E-state index contributed by atoms with van der Waals surface area (Å²) in [6.07, 6.45) is -0.0599. The lowest BCUT2D eigenvalue weighted by atomic mass is 10.0. The van der Waals surface area contributed by atoms with Crippen molar-refractivity contribution in [3.05, 3.63) is 65.2 Å². The van der Waals surface area contributed by atoms with Gasteiger partial charge < -0.3 is 14.4 Å². The number of benzene rings is 2. The largest absolute Gasteiger partial charge is 0.497 e. The van der Waals surface area contributed by atoms with Gasteiger partial charge in [-0.15, -0.1) is 0 Å². The Kier molecular flexibility index (Phi) is 6.15. The van der Waals surface area contributed by atoms with Gasteiger partial charge in [0.2, 0.25) is 5.91 Å². The molecule has 1 atom stereocenters. The van der Waals surface area contributed by atoms with Crippen LogP contribution in [0.25, 0.3) is 6.08 Å². The van der Waals surface area contributed by atoms with Crippen molar-refractivity contribution in [2.45, 2.75) is 25.1 Å². The van der Waals surface area contributed by atoms with E-state index in [1.54, 1.807) is 25.2 Å². The maximum Gasteiger partial charge on any atom is 0.416 e. The maximum absolute atomic E-state index is 12.9. The van der Waals surface area contributed by atoms with Crippen molar-refractivity contribution in [2.75, 3.05) is 20.8 Å². The highest BCUT2D eigenvalue weighted by Gasteiger charge is 2.32. The molecule has 154 valence electrons. The Labute approximate surface area is 167 Å². The van der Waals surface area contributed by atoms with Crippen LogP contribution in [0, 0.1) is 0 Å². The van der Waals surface area contributed by atoms with E-state index in [0.717, 1.165) is 30.5 Å². The van der Waals surface area contributed by atoms with E-state index in [-0.39, 0.29) is 11.9 Å². The molecule has 29 heavy (non-hydrogen) atoms. The molecule has 1 saturated heterocycles. The van der Waals surface area contributed by atoms with Crippen LogP contribution in [0.2, 0.25) is 0 Å². The number of rotatable bonds is 5. The third-order valence-corrected chi connectivity index (χ3v) is 4.97. The molecule has 3 rings (SSSR count). The average Bonchev–Trinajstić information content (AvgIpc) is 3.20. The molecule has 1 unspecified atom stereocenters. The van der Waals surface area contributed by atoms with Gasteiger partial charge in [-0.25, -0.2) is 0 Å². The topological polar surface area (TPSA) is 38.8 Å². The van der Waals surface area contributed by atoms with Gasteiger partial charge in [0, 0.05) is 24.3 Å². The van der Waals surface area contributed by atoms with Gasteiger partial charge in [-0.05, 0) is 48.7 Å². The highest BCUT2D eigenvalue weighted by atomic mass is 19.4. The lowest BCUT2D eigenvalue weighted by molar-refractivity contribution is -0.137. The molecule has 0 aliphatic carbocycles. The quantitative estimate of drug-likeness (QED) is 0.650. The Morgan fingerprint density at radius 2 is 1.93 bits per heavy atom. The van der Waals surface area contributed by atoms with Gasteiger partial charge in [0.15, 0.2) is 0 Å². The Hall–Kier alpha value is -2.96. The minimum absolute atomic E-state index is 0.158. The van der Waals surface area contributed by atoms with Crippen LogP contribution < -0.4 is 9.47 Å². The van der Waals surface area contributed by atoms with E-state index in [2.05, 4.69) is 0 Å². The normalized spacial score (nSPS) is 17.0. The molecule has 0 aromatic heterocycles. The molecule has 1 heterocycles. The molecule has 4 nitrogen and oxygen atoms in total. The first-order valence-corrected chi connectivity index (χ1v) is 9.21. The van der Waals surface area contributed by atoms with Crippen LogP contribution >= 0.6 is 0 Å². The average molecular weight is 405 g/mol. The van der Waals surface area contributed by atoms with Crippen molar-refractivity contribution >= 4 is 12.0 Å². The van der Waals surface area contributed by atoms with E-state index >= 15 is 0 Å². The van der Waals surface area contributed by atoms with Crippen LogP contribution in [-0.4, -0.2) is 31.6 Å². The zero-order valence-corrected chi connectivity index (χ0v) is 16.2. The molecule has 0 bridgehead atoms. The summed E-state index contributed by atoms with van der Waals surface area (Å²) in [5, 5.41) is 0. The Morgan fingerprint density at radius 3 is 2.62 bits per heavy atom. The van der Waals surface area contributed by atoms with Crippen LogP contribution in [-0.2, 0) is 11.0 Å². The third kappa shape index (κ3) is 4.72. The minimum atomic E-state index is -4.42. The Balaban J connectivity index is 1.80. The van der Waals surface area contributed by atoms with Crippen LogP contribution in [0.3, 0.4) is 0 Å². The summed E-state index contributed by atoms with van der Waals surface area (Å²) >= 11 is 0. The maximum atomic E-state index is 12.9. The van der Waals surface area contributed by atoms with Crippen LogP contribution in [0.4, 0.5) is 13.2 Å². The van der Waals surface area contributed by atoms with Gasteiger partial charge >= 0.3 is 6.18 Å². The zero-order chi connectivity index (χ0) is 21.0. The first-order valence-electron chi connectivity index (χ1n) is 9.21. The van der Waals surface area contributed by atoms with E-state index in [1.807, 2.05) is 12.1 Å². The number of hydrogen-bond acceptors (Lipinski definition) is 3. The molecular weight excluding hydrogens is 383 g/mol. The first-order chi connectivity index (χ1) is 13.8. The molecular formula is C22H22F3NO3. The molecule has 1 amide bonds. The van der Waals surface area contributed by atoms with E-state index < -0.39 is 11.7 Å². The SMILES string of the molecule is COc1ccc(C2CCCN2C(=O)/C=C/c2cccc(C(F)(F)F)c2)c(OC)c1. The van der Waals surface area contributed by atoms with Gasteiger partial charge in [0.1, 0.15) is 11.5 Å². The lowest BCUT2D eigenvalue weighted by Crippen LogP contribution is -2.29. The molecule has 0 saturated carbocycles. The van der Waals surface area contributed by atoms with Crippen molar-refractivity contribution < 1.29 is 27.4 Å². The van der Waals surface area contributed by atoms with Crippen molar-refractivity contribution in [3.63, 3.8) is 0 Å². The van der Waals surface area contributed by atoms with Crippen molar-refractivity contribution in [1.29, 1.82) is 0 Å². The highest BCUT2D eigenvalue weighted by molar-refractivity contribution is 5.92. The molecule has 2 aromatic carbocycles. The molecule has 7 heteroatoms. The summed E-state index contributed by atoms with van der Waals surface area (Å²) < 4.78 is 49.2. The van der Waals surface area contributed by atoms with Gasteiger partial charge in [0.05, 0.1) is 25.8 Å². The van der Waals surface area contributed by atoms with Gasteiger partial charge in [-0.1, -0.05) is 12.1 Å². The van der Waals surface area contributed by atoms with Gasteiger partial charge in [-0.2, -0.15) is 13.2 Å². The third-order valence-electron chi connectivity index (χ3n) is 4.97. The summed E-state index contributed by atoms with van der Waals surface area (Å²) in [4.78, 5) is 14.5. The number of halogens is 3. The summed E-state index contributed by atoms with van der Waals surface area (Å²) in [5.74, 6) is 1.05. The standard InChI is InChI=1S/C22H22F3NO3/c1-28-17-9-10-18(20(14-17)29-2)19-7-4-12-26(19)21(27)11-8-15-5-3-6-16(13-15)22(23,24)25/h3,5-6,8-11,13-14,19H,4,7,12H2,1-2H3/b11-8+. The van der Waals surface area contributed by atoms with Crippen LogP contribution in [0.1, 0.15) is 35.6 Å². The highest BCUT2D eigenvalue weighted by Crippen LogP contribution is 2.39. The second kappa shape index (κ2) is 8.59. The number of ether oxygens (including phenoxy) is 2. The number of methoxy groups -OCH3 is 2. The van der Waals surface area contributed by atoms with E-state index in [1.165, 1.54) is 24.3 Å². The predicted molar refractivity (Wildman–Crippen MR) is 104 cm³/mol. The predicted octanol–water partition coefficient (Wildman–Crippen LogP) is 5.10. The number of carbonyl (C=O) groups excluding carboxylic acids is 1. The van der Waals surface area contributed by atoms with Crippen LogP contribution in [0.5, 0.6) is 11.5 Å². The van der Waals surface area contributed by atoms with Crippen molar-refractivity contribution in [3.8, 4) is 11.5 Å². The number of carbonyl (C=O) groups is 1. The second-order valence-electron chi connectivity index (χ2n) is 6.75. The van der Waals surface area contributed by atoms with E-state index in [0.29, 0.717) is 23.6 Å². The van der Waals surface area contributed by atoms with Crippen molar-refractivity contribution in [2.24, 2.45) is 0 Å². The minimum Gasteiger partial charge on any atom is -0.497 e. The van der Waals surface area contributed by atoms with E-state index in [9.17, 15) is 18.0 Å². The second-order valence-corrected chi connectivity index (χ2v) is 6.75. The molecule has 0 N–H and O–H groups in total. The number of nitrogens with zero attached hydrogens (tertiary/aromatic N) is 1. The van der Waals surface area contributed by atoms with Gasteiger partial charge in [-0.3, -0.25) is 4.79 Å². The fourth-order valence-corrected chi connectivity index (χ4v) is 3.53. The molecule has 1 aliphatic rings. The Bertz CT molecular complexity index is 908. The monoisotopic (exact) mass is 405 g/mol. The fourth-order valence-electron chi connectivity index (χ4n) is 3.53. The summed E-state index contributed by atoms with van der Waals surface area (Å²) in [6.45, 7) is 0.575.